The normalized spacial score (nSPS) is 22.2. The van der Waals surface area contributed by atoms with Crippen LogP contribution in [-0.2, 0) is 43.2 Å². The van der Waals surface area contributed by atoms with Crippen LogP contribution in [0.5, 0.6) is 0 Å². The number of ether oxygens (including phenoxy) is 2. The Morgan fingerprint density at radius 3 is 2.04 bits per heavy atom. The minimum absolute atomic E-state index is 0.0762. The van der Waals surface area contributed by atoms with Gasteiger partial charge in [0.1, 0.15) is 23.7 Å². The van der Waals surface area contributed by atoms with Gasteiger partial charge in [0.2, 0.25) is 11.8 Å². The van der Waals surface area contributed by atoms with Crippen molar-refractivity contribution >= 4 is 41.3 Å². The van der Waals surface area contributed by atoms with Gasteiger partial charge in [-0.3, -0.25) is 14.5 Å². The molecule has 0 bridgehead atoms. The number of hydrogen-bond acceptors (Lipinski definition) is 7. The number of nitrogens with zero attached hydrogens (tertiary/aromatic N) is 3. The first-order valence-electron chi connectivity index (χ1n) is 15.6. The lowest BCUT2D eigenvalue weighted by Gasteiger charge is -2.39. The van der Waals surface area contributed by atoms with Crippen molar-refractivity contribution in [1.29, 1.82) is 0 Å². The molecule has 3 aromatic rings. The number of likely N-dealkylation sites (tertiary alicyclic amines) is 1. The highest BCUT2D eigenvalue weighted by molar-refractivity contribution is 8.00. The van der Waals surface area contributed by atoms with Crippen molar-refractivity contribution in [2.24, 2.45) is 0 Å². The van der Waals surface area contributed by atoms with E-state index in [9.17, 15) is 19.2 Å². The lowest BCUT2D eigenvalue weighted by Crippen LogP contribution is -2.58. The van der Waals surface area contributed by atoms with E-state index in [1.54, 1.807) is 42.3 Å². The fraction of sp³-hybridized carbons (Fsp3) is 0.389. The van der Waals surface area contributed by atoms with Gasteiger partial charge < -0.3 is 19.3 Å². The molecule has 0 radical (unpaired) electrons. The highest BCUT2D eigenvalue weighted by Crippen LogP contribution is 2.39. The fourth-order valence-electron chi connectivity index (χ4n) is 6.66. The molecule has 240 valence electrons. The molecule has 4 atom stereocenters. The summed E-state index contributed by atoms with van der Waals surface area (Å²) in [6, 6.07) is 22.6. The van der Waals surface area contributed by atoms with Crippen LogP contribution < -0.4 is 4.90 Å². The van der Waals surface area contributed by atoms with Gasteiger partial charge in [0.05, 0.1) is 12.8 Å². The summed E-state index contributed by atoms with van der Waals surface area (Å²) in [5, 5.41) is -0.0762. The zero-order valence-electron chi connectivity index (χ0n) is 26.5. The van der Waals surface area contributed by atoms with Gasteiger partial charge in [-0.25, -0.2) is 9.59 Å². The van der Waals surface area contributed by atoms with Crippen LogP contribution in [0, 0.1) is 0 Å². The van der Waals surface area contributed by atoms with Crippen molar-refractivity contribution in [2.45, 2.75) is 80.5 Å². The standard InChI is InChI=1S/C36H39N3O6S/c1-36(2,3)45-35(43)39-28-17-11-10-13-24(28)19-30(39)33(41)38-22-27(46-26-15-6-5-7-16-26)20-29(38)32(40)37-21-25-14-9-8-12-23(25)18-31(37)34(42)44-4/h5-17,27,29-31H,18-22H2,1-4H3/t27-,29+,30+,31+/m0/s1. The smallest absolute Gasteiger partial charge is 0.415 e. The predicted molar refractivity (Wildman–Crippen MR) is 175 cm³/mol. The molecule has 3 heterocycles. The number of fused-ring (bicyclic) bond motifs is 2. The van der Waals surface area contributed by atoms with E-state index in [4.69, 9.17) is 9.47 Å². The Morgan fingerprint density at radius 1 is 0.739 bits per heavy atom. The van der Waals surface area contributed by atoms with Gasteiger partial charge in [-0.2, -0.15) is 0 Å². The van der Waals surface area contributed by atoms with E-state index in [-0.39, 0.29) is 23.6 Å². The van der Waals surface area contributed by atoms with Crippen LogP contribution >= 0.6 is 11.8 Å². The molecule has 0 aliphatic carbocycles. The summed E-state index contributed by atoms with van der Waals surface area (Å²) in [5.74, 6) is -1.10. The molecule has 0 spiro atoms. The second-order valence-corrected chi connectivity index (χ2v) is 14.3. The highest BCUT2D eigenvalue weighted by atomic mass is 32.2. The van der Waals surface area contributed by atoms with Crippen molar-refractivity contribution in [2.75, 3.05) is 18.6 Å². The molecule has 0 saturated carbocycles. The van der Waals surface area contributed by atoms with Gasteiger partial charge >= 0.3 is 12.1 Å². The summed E-state index contributed by atoms with van der Waals surface area (Å²) in [6.45, 7) is 5.93. The third-order valence-corrected chi connectivity index (χ3v) is 9.95. The van der Waals surface area contributed by atoms with E-state index in [1.165, 1.54) is 12.0 Å². The number of carbonyl (C=O) groups is 4. The Hall–Kier alpha value is -4.31. The number of anilines is 1. The molecule has 10 heteroatoms. The molecular weight excluding hydrogens is 602 g/mol. The average Bonchev–Trinajstić information content (AvgIpc) is 3.65. The molecular formula is C36H39N3O6S. The Balaban J connectivity index is 1.34. The predicted octanol–water partition coefficient (Wildman–Crippen LogP) is 5.24. The van der Waals surface area contributed by atoms with Gasteiger partial charge in [0.15, 0.2) is 0 Å². The van der Waals surface area contributed by atoms with Crippen LogP contribution in [0.25, 0.3) is 0 Å². The van der Waals surface area contributed by atoms with Crippen molar-refractivity contribution in [3.05, 3.63) is 95.6 Å². The number of methoxy groups -OCH3 is 1. The maximum Gasteiger partial charge on any atom is 0.415 e. The zero-order chi connectivity index (χ0) is 32.6. The number of amides is 3. The maximum absolute atomic E-state index is 14.7. The number of benzene rings is 3. The van der Waals surface area contributed by atoms with Crippen molar-refractivity contribution in [3.8, 4) is 0 Å². The third-order valence-electron chi connectivity index (χ3n) is 8.73. The van der Waals surface area contributed by atoms with E-state index in [0.717, 1.165) is 21.6 Å². The Kier molecular flexibility index (Phi) is 8.83. The monoisotopic (exact) mass is 641 g/mol. The van der Waals surface area contributed by atoms with Crippen molar-refractivity contribution in [3.63, 3.8) is 0 Å². The Morgan fingerprint density at radius 2 is 1.35 bits per heavy atom. The van der Waals surface area contributed by atoms with Crippen molar-refractivity contribution < 1.29 is 28.7 Å². The van der Waals surface area contributed by atoms with Gasteiger partial charge in [-0.15, -0.1) is 11.8 Å². The zero-order valence-corrected chi connectivity index (χ0v) is 27.4. The molecule has 46 heavy (non-hydrogen) atoms. The third kappa shape index (κ3) is 6.35. The summed E-state index contributed by atoms with van der Waals surface area (Å²) in [4.78, 5) is 61.6. The van der Waals surface area contributed by atoms with E-state index in [2.05, 4.69) is 0 Å². The average molecular weight is 642 g/mol. The first-order chi connectivity index (χ1) is 22.0. The summed E-state index contributed by atoms with van der Waals surface area (Å²) in [7, 11) is 1.33. The lowest BCUT2D eigenvalue weighted by molar-refractivity contribution is -0.157. The summed E-state index contributed by atoms with van der Waals surface area (Å²) in [5.41, 5.74) is 2.69. The number of esters is 1. The minimum atomic E-state index is -0.874. The highest BCUT2D eigenvalue weighted by Gasteiger charge is 2.50. The molecule has 0 N–H and O–H groups in total. The molecule has 6 rings (SSSR count). The number of thioether (sulfide) groups is 1. The number of carbonyl (C=O) groups excluding carboxylic acids is 4. The molecule has 1 fully saturated rings. The maximum atomic E-state index is 14.7. The van der Waals surface area contributed by atoms with Crippen LogP contribution in [0.1, 0.15) is 43.9 Å². The molecule has 1 saturated heterocycles. The first kappa shape index (κ1) is 31.7. The Bertz CT molecular complexity index is 1640. The van der Waals surface area contributed by atoms with Crippen LogP contribution in [0.4, 0.5) is 10.5 Å². The second-order valence-electron chi connectivity index (χ2n) is 13.0. The lowest BCUT2D eigenvalue weighted by atomic mass is 9.93. The van der Waals surface area contributed by atoms with Gasteiger partial charge in [0.25, 0.3) is 0 Å². The second kappa shape index (κ2) is 12.8. The van der Waals surface area contributed by atoms with E-state index >= 15 is 0 Å². The van der Waals surface area contributed by atoms with Gasteiger partial charge in [-0.1, -0.05) is 60.7 Å². The van der Waals surface area contributed by atoms with Crippen LogP contribution in [0.2, 0.25) is 0 Å². The molecule has 0 unspecified atom stereocenters. The largest absolute Gasteiger partial charge is 0.467 e. The summed E-state index contributed by atoms with van der Waals surface area (Å²) in [6.07, 6.45) is 0.445. The first-order valence-corrected chi connectivity index (χ1v) is 16.5. The minimum Gasteiger partial charge on any atom is -0.467 e. The summed E-state index contributed by atoms with van der Waals surface area (Å²) < 4.78 is 10.9. The van der Waals surface area contributed by atoms with E-state index < -0.39 is 35.8 Å². The molecule has 3 aliphatic rings. The molecule has 3 amide bonds. The van der Waals surface area contributed by atoms with E-state index in [1.807, 2.05) is 78.9 Å². The Labute approximate surface area is 273 Å². The number of hydrogen-bond donors (Lipinski definition) is 0. The molecule has 0 aromatic heterocycles. The van der Waals surface area contributed by atoms with Crippen molar-refractivity contribution in [1.82, 2.24) is 9.80 Å². The summed E-state index contributed by atoms with van der Waals surface area (Å²) >= 11 is 1.62. The molecule has 3 aromatic carbocycles. The van der Waals surface area contributed by atoms with Crippen LogP contribution in [0.3, 0.4) is 0 Å². The molecule has 9 nitrogen and oxygen atoms in total. The number of para-hydroxylation sites is 1. The topological polar surface area (TPSA) is 96.5 Å². The quantitative estimate of drug-likeness (QED) is 0.352. The van der Waals surface area contributed by atoms with Crippen LogP contribution in [0.15, 0.2) is 83.8 Å². The van der Waals surface area contributed by atoms with Gasteiger partial charge in [0, 0.05) is 36.1 Å². The van der Waals surface area contributed by atoms with E-state index in [0.29, 0.717) is 31.5 Å². The number of rotatable bonds is 5. The van der Waals surface area contributed by atoms with Crippen LogP contribution in [-0.4, -0.2) is 76.3 Å². The SMILES string of the molecule is COC(=O)[C@H]1Cc2ccccc2CN1C(=O)[C@H]1C[C@H](Sc2ccccc2)CN1C(=O)[C@H]1Cc2ccccc2N1C(=O)OC(C)(C)C. The molecule has 3 aliphatic heterocycles. The fourth-order valence-corrected chi connectivity index (χ4v) is 7.87. The van der Waals surface area contributed by atoms with Gasteiger partial charge in [-0.05, 0) is 62.1 Å².